The van der Waals surface area contributed by atoms with Gasteiger partial charge in [0.05, 0.1) is 9.73 Å². The summed E-state index contributed by atoms with van der Waals surface area (Å²) in [5, 5.41) is 0. The Balaban J connectivity index is 3.43. The highest BCUT2D eigenvalue weighted by atomic mass is 35.7. The lowest BCUT2D eigenvalue weighted by molar-refractivity contribution is 0.611. The molecule has 0 radical (unpaired) electrons. The van der Waals surface area contributed by atoms with Gasteiger partial charge in [-0.1, -0.05) is 28.4 Å². The van der Waals surface area contributed by atoms with Gasteiger partial charge in [0, 0.05) is 21.3 Å². The van der Waals surface area contributed by atoms with Crippen molar-refractivity contribution in [3.05, 3.63) is 29.8 Å². The molecule has 0 saturated heterocycles. The summed E-state index contributed by atoms with van der Waals surface area (Å²) in [4.78, 5) is 0.379. The lowest BCUT2D eigenvalue weighted by Gasteiger charge is -2.06. The Morgan fingerprint density at radius 2 is 1.69 bits per heavy atom. The van der Waals surface area contributed by atoms with E-state index in [1.165, 1.54) is 0 Å². The number of nitrogens with zero attached hydrogens (tertiary/aromatic N) is 1. The minimum Gasteiger partial charge on any atom is -0.244 e. The van der Waals surface area contributed by atoms with E-state index in [-0.39, 0.29) is 5.75 Å². The Labute approximate surface area is 100 Å². The molecule has 0 spiro atoms. The van der Waals surface area contributed by atoms with E-state index in [9.17, 15) is 12.6 Å². The molecular formula is C9H12ClNO3S2. The van der Waals surface area contributed by atoms with Gasteiger partial charge in [0.1, 0.15) is 0 Å². The third-order valence-corrected chi connectivity index (χ3v) is 5.96. The van der Waals surface area contributed by atoms with Crippen LogP contribution in [0, 0.1) is 6.92 Å². The number of hydrogen-bond donors (Lipinski definition) is 0. The molecule has 0 amide bonds. The molecule has 1 aromatic rings. The quantitative estimate of drug-likeness (QED) is 0.799. The van der Waals surface area contributed by atoms with E-state index in [1.807, 2.05) is 6.92 Å². The molecule has 0 aliphatic heterocycles. The van der Waals surface area contributed by atoms with Crippen molar-refractivity contribution in [2.24, 2.45) is 3.77 Å². The molecule has 0 aliphatic carbocycles. The summed E-state index contributed by atoms with van der Waals surface area (Å²) >= 11 is 0. The van der Waals surface area contributed by atoms with Crippen molar-refractivity contribution in [2.45, 2.75) is 18.7 Å². The average molecular weight is 282 g/mol. The van der Waals surface area contributed by atoms with Gasteiger partial charge in [0.15, 0.2) is 0 Å². The van der Waals surface area contributed by atoms with Crippen molar-refractivity contribution in [3.63, 3.8) is 0 Å². The maximum absolute atomic E-state index is 12.3. The largest absolute Gasteiger partial charge is 0.347 e. The summed E-state index contributed by atoms with van der Waals surface area (Å²) in [6.45, 7) is 3.49. The highest BCUT2D eigenvalue weighted by Crippen LogP contribution is 2.17. The standard InChI is InChI=1S/C9H12ClNO3S2/c1-3-15(12,11-16(10,13)14)9-6-4-8(2)5-7-9/h4-7H,3H2,1-2H3/t15-/m1/s1. The number of benzene rings is 1. The van der Waals surface area contributed by atoms with Crippen molar-refractivity contribution in [2.75, 3.05) is 5.75 Å². The second kappa shape index (κ2) is 4.73. The predicted molar refractivity (Wildman–Crippen MR) is 65.3 cm³/mol. The first-order valence-corrected chi connectivity index (χ1v) is 8.49. The lowest BCUT2D eigenvalue weighted by Crippen LogP contribution is -2.05. The van der Waals surface area contributed by atoms with Gasteiger partial charge in [-0.3, -0.25) is 0 Å². The molecule has 0 heterocycles. The van der Waals surface area contributed by atoms with Crippen molar-refractivity contribution in [3.8, 4) is 0 Å². The Hall–Kier alpha value is -0.590. The smallest absolute Gasteiger partial charge is 0.244 e. The first-order valence-electron chi connectivity index (χ1n) is 4.54. The fourth-order valence-electron chi connectivity index (χ4n) is 1.16. The van der Waals surface area contributed by atoms with Crippen LogP contribution < -0.4 is 0 Å². The highest BCUT2D eigenvalue weighted by Gasteiger charge is 2.14. The van der Waals surface area contributed by atoms with Gasteiger partial charge in [-0.2, -0.15) is 8.42 Å². The number of halogens is 1. The van der Waals surface area contributed by atoms with Crippen LogP contribution in [0.15, 0.2) is 32.9 Å². The molecule has 1 rings (SSSR count). The molecule has 90 valence electrons. The van der Waals surface area contributed by atoms with Crippen LogP contribution in [0.2, 0.25) is 0 Å². The molecule has 0 saturated carbocycles. The molecule has 0 N–H and O–H groups in total. The SMILES string of the molecule is CC[S@](=O)(=NS(=O)(=O)Cl)c1ccc(C)cc1. The Kier molecular flexibility index (Phi) is 3.98. The summed E-state index contributed by atoms with van der Waals surface area (Å²) < 4.78 is 37.2. The number of aryl methyl sites for hydroxylation is 1. The molecule has 1 aromatic carbocycles. The fraction of sp³-hybridized carbons (Fsp3) is 0.333. The van der Waals surface area contributed by atoms with E-state index in [1.54, 1.807) is 31.2 Å². The van der Waals surface area contributed by atoms with E-state index in [0.717, 1.165) is 5.56 Å². The molecule has 4 nitrogen and oxygen atoms in total. The monoisotopic (exact) mass is 281 g/mol. The lowest BCUT2D eigenvalue weighted by atomic mass is 10.2. The maximum Gasteiger partial charge on any atom is 0.347 e. The van der Waals surface area contributed by atoms with Crippen LogP contribution in [0.5, 0.6) is 0 Å². The topological polar surface area (TPSA) is 63.6 Å². The maximum atomic E-state index is 12.3. The molecule has 0 aromatic heterocycles. The third-order valence-electron chi connectivity index (χ3n) is 1.99. The van der Waals surface area contributed by atoms with Crippen LogP contribution in [0.4, 0.5) is 0 Å². The fourth-order valence-corrected chi connectivity index (χ4v) is 4.79. The highest BCUT2D eigenvalue weighted by molar-refractivity contribution is 8.17. The van der Waals surface area contributed by atoms with Crippen molar-refractivity contribution < 1.29 is 12.6 Å². The zero-order valence-electron chi connectivity index (χ0n) is 8.88. The third kappa shape index (κ3) is 3.47. The van der Waals surface area contributed by atoms with Gasteiger partial charge in [-0.15, -0.1) is 0 Å². The van der Waals surface area contributed by atoms with Crippen LogP contribution >= 0.6 is 10.7 Å². The van der Waals surface area contributed by atoms with Crippen LogP contribution in [-0.4, -0.2) is 18.4 Å². The van der Waals surface area contributed by atoms with E-state index in [0.29, 0.717) is 4.90 Å². The summed E-state index contributed by atoms with van der Waals surface area (Å²) in [5.74, 6) is 0.0992. The molecule has 0 aliphatic rings. The predicted octanol–water partition coefficient (Wildman–Crippen LogP) is 2.33. The van der Waals surface area contributed by atoms with Crippen molar-refractivity contribution >= 4 is 29.6 Å². The van der Waals surface area contributed by atoms with Gasteiger partial charge in [0.25, 0.3) is 0 Å². The number of hydrogen-bond acceptors (Lipinski definition) is 3. The van der Waals surface area contributed by atoms with Crippen LogP contribution in [0.1, 0.15) is 12.5 Å². The summed E-state index contributed by atoms with van der Waals surface area (Å²) in [6, 6.07) is 6.71. The van der Waals surface area contributed by atoms with Crippen LogP contribution in [0.3, 0.4) is 0 Å². The molecular weight excluding hydrogens is 270 g/mol. The van der Waals surface area contributed by atoms with E-state index in [4.69, 9.17) is 10.7 Å². The zero-order valence-corrected chi connectivity index (χ0v) is 11.3. The second-order valence-corrected chi connectivity index (χ2v) is 8.15. The van der Waals surface area contributed by atoms with Gasteiger partial charge in [-0.25, -0.2) is 4.21 Å². The summed E-state index contributed by atoms with van der Waals surface area (Å²) in [5.41, 5.74) is 0.996. The summed E-state index contributed by atoms with van der Waals surface area (Å²) in [7, 11) is -2.10. The van der Waals surface area contributed by atoms with Gasteiger partial charge < -0.3 is 0 Å². The van der Waals surface area contributed by atoms with Crippen molar-refractivity contribution in [1.29, 1.82) is 0 Å². The van der Waals surface area contributed by atoms with Crippen molar-refractivity contribution in [1.82, 2.24) is 0 Å². The van der Waals surface area contributed by atoms with Gasteiger partial charge >= 0.3 is 9.24 Å². The van der Waals surface area contributed by atoms with E-state index in [2.05, 4.69) is 3.77 Å². The normalized spacial score (nSPS) is 15.4. The van der Waals surface area contributed by atoms with Gasteiger partial charge in [-0.05, 0) is 19.1 Å². The minimum absolute atomic E-state index is 0.0992. The first-order chi connectivity index (χ1) is 7.27. The second-order valence-electron chi connectivity index (χ2n) is 3.23. The minimum atomic E-state index is -4.13. The molecule has 1 atom stereocenters. The molecule has 0 fully saturated rings. The molecule has 0 bridgehead atoms. The van der Waals surface area contributed by atoms with E-state index >= 15 is 0 Å². The average Bonchev–Trinajstić information content (AvgIpc) is 2.16. The van der Waals surface area contributed by atoms with Gasteiger partial charge in [0.2, 0.25) is 0 Å². The zero-order chi connectivity index (χ0) is 12.4. The van der Waals surface area contributed by atoms with Crippen LogP contribution in [-0.2, 0) is 19.0 Å². The Morgan fingerprint density at radius 3 is 2.06 bits per heavy atom. The molecule has 16 heavy (non-hydrogen) atoms. The Bertz CT molecular complexity index is 584. The number of rotatable bonds is 3. The first kappa shape index (κ1) is 13.5. The molecule has 0 unspecified atom stereocenters. The van der Waals surface area contributed by atoms with Crippen LogP contribution in [0.25, 0.3) is 0 Å². The Morgan fingerprint density at radius 1 is 1.19 bits per heavy atom. The van der Waals surface area contributed by atoms with E-state index < -0.39 is 19.0 Å². The summed E-state index contributed by atoms with van der Waals surface area (Å²) in [6.07, 6.45) is 0. The molecule has 7 heteroatoms.